The van der Waals surface area contributed by atoms with Gasteiger partial charge in [0.1, 0.15) is 11.2 Å². The van der Waals surface area contributed by atoms with Crippen LogP contribution in [0.5, 0.6) is 0 Å². The van der Waals surface area contributed by atoms with E-state index in [0.717, 1.165) is 5.56 Å². The molecular formula is C19H20ClN3O3S. The van der Waals surface area contributed by atoms with E-state index >= 15 is 0 Å². The van der Waals surface area contributed by atoms with Crippen LogP contribution in [0.25, 0.3) is 10.2 Å². The number of halogens is 1. The number of fused-ring (bicyclic) bond motifs is 1. The fourth-order valence-corrected chi connectivity index (χ4v) is 3.89. The first kappa shape index (κ1) is 19.4. The Morgan fingerprint density at radius 3 is 2.63 bits per heavy atom. The first-order valence-electron chi connectivity index (χ1n) is 8.59. The molecule has 8 heteroatoms. The average molecular weight is 406 g/mol. The fraction of sp³-hybridized carbons (Fsp3) is 0.316. The van der Waals surface area contributed by atoms with E-state index in [4.69, 9.17) is 11.6 Å². The number of aromatic nitrogens is 2. The van der Waals surface area contributed by atoms with E-state index in [2.05, 4.69) is 5.32 Å². The predicted molar refractivity (Wildman–Crippen MR) is 108 cm³/mol. The molecule has 0 spiro atoms. The summed E-state index contributed by atoms with van der Waals surface area (Å²) in [5.41, 5.74) is 0.521. The monoisotopic (exact) mass is 405 g/mol. The quantitative estimate of drug-likeness (QED) is 0.685. The highest BCUT2D eigenvalue weighted by atomic mass is 35.5. The standard InChI is InChI=1S/C19H20ClN3O3S/c1-12(2)10-23-18(25)17-15(7-8-27-17)22(19(23)26)11-16(24)21-9-13-5-3-4-6-14(13)20/h3-8,12H,9-11H2,1-2H3,(H,21,24). The molecule has 1 aromatic carbocycles. The Bertz CT molecular complexity index is 1100. The van der Waals surface area contributed by atoms with E-state index in [0.29, 0.717) is 21.8 Å². The largest absolute Gasteiger partial charge is 0.350 e. The number of nitrogens with zero attached hydrogens (tertiary/aromatic N) is 2. The van der Waals surface area contributed by atoms with E-state index in [1.54, 1.807) is 17.5 Å². The van der Waals surface area contributed by atoms with Gasteiger partial charge in [0.15, 0.2) is 0 Å². The van der Waals surface area contributed by atoms with Gasteiger partial charge < -0.3 is 5.32 Å². The highest BCUT2D eigenvalue weighted by molar-refractivity contribution is 7.17. The molecule has 0 saturated heterocycles. The topological polar surface area (TPSA) is 73.1 Å². The number of hydrogen-bond donors (Lipinski definition) is 1. The lowest BCUT2D eigenvalue weighted by Gasteiger charge is -2.14. The molecule has 0 bridgehead atoms. The summed E-state index contributed by atoms with van der Waals surface area (Å²) < 4.78 is 3.05. The maximum absolute atomic E-state index is 12.8. The van der Waals surface area contributed by atoms with Gasteiger partial charge in [-0.15, -0.1) is 11.3 Å². The smallest absolute Gasteiger partial charge is 0.332 e. The second-order valence-electron chi connectivity index (χ2n) is 6.68. The normalized spacial score (nSPS) is 11.3. The van der Waals surface area contributed by atoms with Crippen LogP contribution in [0.15, 0.2) is 45.3 Å². The SMILES string of the molecule is CC(C)Cn1c(=O)c2sccc2n(CC(=O)NCc2ccccc2Cl)c1=O. The van der Waals surface area contributed by atoms with E-state index < -0.39 is 5.69 Å². The van der Waals surface area contributed by atoms with E-state index in [1.807, 2.05) is 32.0 Å². The Balaban J connectivity index is 1.89. The summed E-state index contributed by atoms with van der Waals surface area (Å²) in [6.07, 6.45) is 0. The molecule has 1 amide bonds. The molecule has 0 radical (unpaired) electrons. The molecule has 0 atom stereocenters. The Morgan fingerprint density at radius 2 is 1.93 bits per heavy atom. The second-order valence-corrected chi connectivity index (χ2v) is 8.00. The van der Waals surface area contributed by atoms with Gasteiger partial charge >= 0.3 is 5.69 Å². The number of thiophene rings is 1. The molecule has 27 heavy (non-hydrogen) atoms. The van der Waals surface area contributed by atoms with Crippen molar-refractivity contribution >= 4 is 39.1 Å². The van der Waals surface area contributed by atoms with Crippen LogP contribution in [-0.4, -0.2) is 15.0 Å². The fourth-order valence-electron chi connectivity index (χ4n) is 2.85. The van der Waals surface area contributed by atoms with E-state index in [9.17, 15) is 14.4 Å². The van der Waals surface area contributed by atoms with Crippen molar-refractivity contribution in [3.63, 3.8) is 0 Å². The number of amides is 1. The third kappa shape index (κ3) is 4.14. The lowest BCUT2D eigenvalue weighted by atomic mass is 10.2. The van der Waals surface area contributed by atoms with Crippen molar-refractivity contribution in [2.24, 2.45) is 5.92 Å². The van der Waals surface area contributed by atoms with Crippen LogP contribution in [0.4, 0.5) is 0 Å². The van der Waals surface area contributed by atoms with Gasteiger partial charge in [-0.1, -0.05) is 43.6 Å². The van der Waals surface area contributed by atoms with Gasteiger partial charge in [-0.2, -0.15) is 0 Å². The summed E-state index contributed by atoms with van der Waals surface area (Å²) in [5.74, 6) is -0.186. The first-order chi connectivity index (χ1) is 12.9. The first-order valence-corrected chi connectivity index (χ1v) is 9.85. The van der Waals surface area contributed by atoms with E-state index in [1.165, 1.54) is 20.5 Å². The molecule has 3 aromatic rings. The molecule has 6 nitrogen and oxygen atoms in total. The number of nitrogens with one attached hydrogen (secondary N) is 1. The number of benzene rings is 1. The molecule has 0 aliphatic carbocycles. The van der Waals surface area contributed by atoms with Crippen LogP contribution >= 0.6 is 22.9 Å². The minimum Gasteiger partial charge on any atom is -0.350 e. The molecule has 0 aliphatic rings. The highest BCUT2D eigenvalue weighted by Crippen LogP contribution is 2.16. The van der Waals surface area contributed by atoms with Crippen LogP contribution in [0.1, 0.15) is 19.4 Å². The molecule has 3 rings (SSSR count). The van der Waals surface area contributed by atoms with Gasteiger partial charge in [0.25, 0.3) is 5.56 Å². The molecule has 0 unspecified atom stereocenters. The third-order valence-electron chi connectivity index (χ3n) is 4.12. The summed E-state index contributed by atoms with van der Waals surface area (Å²) in [6, 6.07) is 8.94. The molecule has 2 aromatic heterocycles. The number of hydrogen-bond acceptors (Lipinski definition) is 4. The third-order valence-corrected chi connectivity index (χ3v) is 5.38. The number of rotatable bonds is 6. The van der Waals surface area contributed by atoms with Gasteiger partial charge in [-0.25, -0.2) is 4.79 Å². The average Bonchev–Trinajstić information content (AvgIpc) is 3.11. The predicted octanol–water partition coefficient (Wildman–Crippen LogP) is 2.85. The summed E-state index contributed by atoms with van der Waals surface area (Å²) >= 11 is 7.38. The van der Waals surface area contributed by atoms with Crippen LogP contribution in [0.2, 0.25) is 5.02 Å². The van der Waals surface area contributed by atoms with Gasteiger partial charge in [0, 0.05) is 18.1 Å². The number of carbonyl (C=O) groups is 1. The molecule has 2 heterocycles. The zero-order valence-corrected chi connectivity index (χ0v) is 16.6. The molecule has 0 aliphatic heterocycles. The summed E-state index contributed by atoms with van der Waals surface area (Å²) in [5, 5.41) is 5.10. The molecular weight excluding hydrogens is 386 g/mol. The van der Waals surface area contributed by atoms with Gasteiger partial charge in [0.05, 0.1) is 5.52 Å². The summed E-state index contributed by atoms with van der Waals surface area (Å²) in [7, 11) is 0. The molecule has 0 fully saturated rings. The molecule has 142 valence electrons. The van der Waals surface area contributed by atoms with Gasteiger partial charge in [-0.05, 0) is 29.0 Å². The Morgan fingerprint density at radius 1 is 1.19 bits per heavy atom. The number of carbonyl (C=O) groups excluding carboxylic acids is 1. The van der Waals surface area contributed by atoms with Gasteiger partial charge in [0.2, 0.25) is 5.91 Å². The van der Waals surface area contributed by atoms with Crippen molar-refractivity contribution in [3.05, 3.63) is 67.1 Å². The van der Waals surface area contributed by atoms with Crippen molar-refractivity contribution in [2.45, 2.75) is 33.5 Å². The van der Waals surface area contributed by atoms with Crippen LogP contribution in [-0.2, 0) is 24.4 Å². The highest BCUT2D eigenvalue weighted by Gasteiger charge is 2.17. The lowest BCUT2D eigenvalue weighted by molar-refractivity contribution is -0.121. The van der Waals surface area contributed by atoms with Gasteiger partial charge in [-0.3, -0.25) is 18.7 Å². The maximum Gasteiger partial charge on any atom is 0.332 e. The van der Waals surface area contributed by atoms with Crippen LogP contribution < -0.4 is 16.6 Å². The molecule has 1 N–H and O–H groups in total. The Hall–Kier alpha value is -2.38. The minimum atomic E-state index is -0.465. The van der Waals surface area contributed by atoms with E-state index in [-0.39, 0.29) is 30.5 Å². The summed E-state index contributed by atoms with van der Waals surface area (Å²) in [4.78, 5) is 37.8. The molecule has 0 saturated carbocycles. The Labute approximate surface area is 165 Å². The maximum atomic E-state index is 12.8. The minimum absolute atomic E-state index is 0.135. The van der Waals surface area contributed by atoms with Crippen LogP contribution in [0, 0.1) is 5.92 Å². The van der Waals surface area contributed by atoms with Crippen molar-refractivity contribution in [1.82, 2.24) is 14.5 Å². The Kier molecular flexibility index (Phi) is 5.82. The zero-order chi connectivity index (χ0) is 19.6. The lowest BCUT2D eigenvalue weighted by Crippen LogP contribution is -2.42. The van der Waals surface area contributed by atoms with Crippen molar-refractivity contribution in [1.29, 1.82) is 0 Å². The zero-order valence-electron chi connectivity index (χ0n) is 15.1. The van der Waals surface area contributed by atoms with Crippen LogP contribution in [0.3, 0.4) is 0 Å². The summed E-state index contributed by atoms with van der Waals surface area (Å²) in [6.45, 7) is 4.30. The van der Waals surface area contributed by atoms with Crippen molar-refractivity contribution in [3.8, 4) is 0 Å². The van der Waals surface area contributed by atoms with Crippen molar-refractivity contribution < 1.29 is 4.79 Å². The van der Waals surface area contributed by atoms with Crippen molar-refractivity contribution in [2.75, 3.05) is 0 Å². The second kappa shape index (κ2) is 8.10.